The molecule has 2 aromatic carbocycles. The summed E-state index contributed by atoms with van der Waals surface area (Å²) >= 11 is 0. The lowest BCUT2D eigenvalue weighted by Crippen LogP contribution is -2.28. The molecule has 152 valence electrons. The van der Waals surface area contributed by atoms with Gasteiger partial charge in [0.15, 0.2) is 0 Å². The highest BCUT2D eigenvalue weighted by atomic mass is 16.6. The van der Waals surface area contributed by atoms with Crippen LogP contribution in [0.5, 0.6) is 11.5 Å². The summed E-state index contributed by atoms with van der Waals surface area (Å²) in [6, 6.07) is 9.60. The number of aryl methyl sites for hydroxylation is 1. The number of anilines is 2. The molecule has 2 aromatic rings. The Hall–Kier alpha value is -3.62. The van der Waals surface area contributed by atoms with Gasteiger partial charge in [-0.25, -0.2) is 0 Å². The molecule has 1 heterocycles. The number of carbonyl (C=O) groups excluding carboxylic acids is 2. The second-order valence-corrected chi connectivity index (χ2v) is 6.69. The van der Waals surface area contributed by atoms with Gasteiger partial charge in [-0.1, -0.05) is 6.07 Å². The molecule has 3 rings (SSSR count). The lowest BCUT2D eigenvalue weighted by Gasteiger charge is -2.17. The van der Waals surface area contributed by atoms with Crippen LogP contribution < -0.4 is 19.7 Å². The van der Waals surface area contributed by atoms with Gasteiger partial charge in [-0.2, -0.15) is 0 Å². The van der Waals surface area contributed by atoms with Crippen molar-refractivity contribution in [3.05, 3.63) is 52.1 Å². The topological polar surface area (TPSA) is 111 Å². The highest BCUT2D eigenvalue weighted by Crippen LogP contribution is 2.32. The number of nitro groups is 1. The van der Waals surface area contributed by atoms with Crippen molar-refractivity contribution in [2.24, 2.45) is 5.92 Å². The molecule has 0 unspecified atom stereocenters. The predicted octanol–water partition coefficient (Wildman–Crippen LogP) is 2.91. The van der Waals surface area contributed by atoms with Gasteiger partial charge in [0.1, 0.15) is 11.5 Å². The Morgan fingerprint density at radius 3 is 2.62 bits per heavy atom. The molecule has 1 aliphatic heterocycles. The van der Waals surface area contributed by atoms with Crippen molar-refractivity contribution in [3.63, 3.8) is 0 Å². The minimum atomic E-state index is -0.588. The fourth-order valence-electron chi connectivity index (χ4n) is 3.23. The maximum absolute atomic E-state index is 12.7. The van der Waals surface area contributed by atoms with E-state index in [1.807, 2.05) is 0 Å². The number of nitro benzene ring substituents is 1. The molecule has 0 bridgehead atoms. The Bertz CT molecular complexity index is 975. The largest absolute Gasteiger partial charge is 0.497 e. The highest BCUT2D eigenvalue weighted by Gasteiger charge is 2.36. The first-order chi connectivity index (χ1) is 13.8. The molecule has 29 heavy (non-hydrogen) atoms. The fraction of sp³-hybridized carbons (Fsp3) is 0.300. The number of carbonyl (C=O) groups is 2. The molecule has 9 heteroatoms. The van der Waals surface area contributed by atoms with E-state index < -0.39 is 10.8 Å². The molecule has 1 aliphatic rings. The zero-order valence-electron chi connectivity index (χ0n) is 16.3. The molecule has 1 fully saturated rings. The van der Waals surface area contributed by atoms with Crippen molar-refractivity contribution in [2.45, 2.75) is 13.3 Å². The van der Waals surface area contributed by atoms with Crippen LogP contribution in [0.3, 0.4) is 0 Å². The van der Waals surface area contributed by atoms with Crippen molar-refractivity contribution < 1.29 is 24.0 Å². The summed E-state index contributed by atoms with van der Waals surface area (Å²) in [6.07, 6.45) is 0.0198. The SMILES string of the molecule is COc1ccc(NC(=O)[C@H]2CC(=O)N(c3ccc(C)c([N+](=O)[O-])c3)C2)c(OC)c1. The van der Waals surface area contributed by atoms with Crippen molar-refractivity contribution in [1.29, 1.82) is 0 Å². The number of rotatable bonds is 6. The molecule has 0 spiro atoms. The van der Waals surface area contributed by atoms with E-state index in [2.05, 4.69) is 5.32 Å². The van der Waals surface area contributed by atoms with E-state index in [9.17, 15) is 19.7 Å². The molecule has 1 atom stereocenters. The zero-order chi connectivity index (χ0) is 21.1. The van der Waals surface area contributed by atoms with Crippen LogP contribution in [0.15, 0.2) is 36.4 Å². The summed E-state index contributed by atoms with van der Waals surface area (Å²) in [5.74, 6) is -0.151. The van der Waals surface area contributed by atoms with Gasteiger partial charge in [-0.15, -0.1) is 0 Å². The first-order valence-corrected chi connectivity index (χ1v) is 8.92. The first-order valence-electron chi connectivity index (χ1n) is 8.92. The smallest absolute Gasteiger partial charge is 0.274 e. The van der Waals surface area contributed by atoms with Gasteiger partial charge in [0.05, 0.1) is 36.4 Å². The molecule has 0 saturated carbocycles. The number of hydrogen-bond acceptors (Lipinski definition) is 6. The summed E-state index contributed by atoms with van der Waals surface area (Å²) in [5.41, 5.74) is 1.32. The zero-order valence-corrected chi connectivity index (χ0v) is 16.3. The average molecular weight is 399 g/mol. The second-order valence-electron chi connectivity index (χ2n) is 6.69. The normalized spacial score (nSPS) is 15.9. The third kappa shape index (κ3) is 4.13. The van der Waals surface area contributed by atoms with Gasteiger partial charge in [0.25, 0.3) is 5.69 Å². The fourth-order valence-corrected chi connectivity index (χ4v) is 3.23. The van der Waals surface area contributed by atoms with Crippen LogP contribution in [-0.4, -0.2) is 37.5 Å². The van der Waals surface area contributed by atoms with E-state index >= 15 is 0 Å². The maximum atomic E-state index is 12.7. The van der Waals surface area contributed by atoms with Crippen molar-refractivity contribution in [2.75, 3.05) is 31.0 Å². The monoisotopic (exact) mass is 399 g/mol. The summed E-state index contributed by atoms with van der Waals surface area (Å²) < 4.78 is 10.4. The number of amides is 2. The van der Waals surface area contributed by atoms with Gasteiger partial charge in [-0.05, 0) is 25.1 Å². The van der Waals surface area contributed by atoms with E-state index in [0.717, 1.165) is 0 Å². The third-order valence-electron chi connectivity index (χ3n) is 4.86. The molecule has 9 nitrogen and oxygen atoms in total. The van der Waals surface area contributed by atoms with Gasteiger partial charge in [0.2, 0.25) is 11.8 Å². The van der Waals surface area contributed by atoms with Crippen LogP contribution in [0, 0.1) is 23.0 Å². The molecular weight excluding hydrogens is 378 g/mol. The van der Waals surface area contributed by atoms with Gasteiger partial charge in [0, 0.05) is 30.7 Å². The standard InChI is InChI=1S/C20H21N3O6/c1-12-4-5-14(9-17(12)23(26)27)22-11-13(8-19(22)24)20(25)21-16-7-6-15(28-2)10-18(16)29-3/h4-7,9-10,13H,8,11H2,1-3H3,(H,21,25)/t13-/m0/s1. The second kappa shape index (κ2) is 8.17. The molecule has 0 aromatic heterocycles. The van der Waals surface area contributed by atoms with E-state index in [1.54, 1.807) is 37.3 Å². The number of nitrogens with zero attached hydrogens (tertiary/aromatic N) is 2. The van der Waals surface area contributed by atoms with Crippen LogP contribution in [0.2, 0.25) is 0 Å². The predicted molar refractivity (Wildman–Crippen MR) is 106 cm³/mol. The summed E-state index contributed by atoms with van der Waals surface area (Å²) in [6.45, 7) is 1.77. The minimum absolute atomic E-state index is 0.0198. The number of benzene rings is 2. The van der Waals surface area contributed by atoms with Crippen LogP contribution in [0.1, 0.15) is 12.0 Å². The summed E-state index contributed by atoms with van der Waals surface area (Å²) in [5, 5.41) is 13.9. The van der Waals surface area contributed by atoms with E-state index in [4.69, 9.17) is 9.47 Å². The lowest BCUT2D eigenvalue weighted by atomic mass is 10.1. The Morgan fingerprint density at radius 1 is 1.21 bits per heavy atom. The molecule has 2 amide bonds. The number of hydrogen-bond donors (Lipinski definition) is 1. The van der Waals surface area contributed by atoms with E-state index in [0.29, 0.717) is 28.4 Å². The third-order valence-corrected chi connectivity index (χ3v) is 4.86. The average Bonchev–Trinajstić information content (AvgIpc) is 3.10. The number of methoxy groups -OCH3 is 2. The van der Waals surface area contributed by atoms with Crippen LogP contribution in [0.4, 0.5) is 17.1 Å². The van der Waals surface area contributed by atoms with E-state index in [1.165, 1.54) is 25.2 Å². The van der Waals surface area contributed by atoms with E-state index in [-0.39, 0.29) is 30.5 Å². The summed E-state index contributed by atoms with van der Waals surface area (Å²) in [4.78, 5) is 37.2. The number of nitrogens with one attached hydrogen (secondary N) is 1. The van der Waals surface area contributed by atoms with Gasteiger partial charge < -0.3 is 19.7 Å². The summed E-state index contributed by atoms with van der Waals surface area (Å²) in [7, 11) is 3.01. The Morgan fingerprint density at radius 2 is 1.97 bits per heavy atom. The first kappa shape index (κ1) is 20.1. The van der Waals surface area contributed by atoms with Crippen LogP contribution in [-0.2, 0) is 9.59 Å². The Labute approximate surface area is 167 Å². The van der Waals surface area contributed by atoms with Crippen molar-refractivity contribution in [3.8, 4) is 11.5 Å². The number of ether oxygens (including phenoxy) is 2. The maximum Gasteiger partial charge on any atom is 0.274 e. The Kier molecular flexibility index (Phi) is 5.67. The molecule has 1 saturated heterocycles. The lowest BCUT2D eigenvalue weighted by molar-refractivity contribution is -0.385. The van der Waals surface area contributed by atoms with Crippen molar-refractivity contribution >= 4 is 28.9 Å². The molecule has 1 N–H and O–H groups in total. The highest BCUT2D eigenvalue weighted by molar-refractivity contribution is 6.04. The molecular formula is C20H21N3O6. The quantitative estimate of drug-likeness (QED) is 0.591. The van der Waals surface area contributed by atoms with Gasteiger partial charge >= 0.3 is 0 Å². The Balaban J connectivity index is 1.76. The van der Waals surface area contributed by atoms with Crippen molar-refractivity contribution in [1.82, 2.24) is 0 Å². The minimum Gasteiger partial charge on any atom is -0.497 e. The molecule has 0 radical (unpaired) electrons. The van der Waals surface area contributed by atoms with Crippen LogP contribution in [0.25, 0.3) is 0 Å². The molecule has 0 aliphatic carbocycles. The van der Waals surface area contributed by atoms with Gasteiger partial charge in [-0.3, -0.25) is 19.7 Å². The van der Waals surface area contributed by atoms with Crippen LogP contribution >= 0.6 is 0 Å².